The van der Waals surface area contributed by atoms with Crippen molar-refractivity contribution in [2.24, 2.45) is 0 Å². The van der Waals surface area contributed by atoms with Gasteiger partial charge in [0.15, 0.2) is 0 Å². The third kappa shape index (κ3) is 3.88. The van der Waals surface area contributed by atoms with E-state index in [1.54, 1.807) is 0 Å². The molecule has 100 valence electrons. The highest BCUT2D eigenvalue weighted by atomic mass is 79.9. The largest absolute Gasteiger partial charge is 0.0921 e. The van der Waals surface area contributed by atoms with E-state index in [1.165, 1.54) is 0 Å². The molecule has 1 atom stereocenters. The Kier molecular flexibility index (Phi) is 5.58. The molecule has 0 aliphatic heterocycles. The molecule has 0 fully saturated rings. The summed E-state index contributed by atoms with van der Waals surface area (Å²) in [6, 6.07) is 13.7. The van der Waals surface area contributed by atoms with Crippen LogP contribution in [0.3, 0.4) is 0 Å². The Bertz CT molecular complexity index is 569. The number of hydrogen-bond donors (Lipinski definition) is 0. The molecular formula is C15H12BrCl3. The zero-order valence-electron chi connectivity index (χ0n) is 10.0. The molecular weight excluding hydrogens is 366 g/mol. The average Bonchev–Trinajstić information content (AvgIpc) is 2.41. The summed E-state index contributed by atoms with van der Waals surface area (Å²) in [5.74, 6) is 0.311. The van der Waals surface area contributed by atoms with Crippen LogP contribution in [0.2, 0.25) is 15.1 Å². The van der Waals surface area contributed by atoms with Gasteiger partial charge >= 0.3 is 0 Å². The van der Waals surface area contributed by atoms with E-state index in [0.29, 0.717) is 16.0 Å². The Balaban J connectivity index is 2.24. The van der Waals surface area contributed by atoms with Gasteiger partial charge in [0, 0.05) is 10.4 Å². The lowest BCUT2D eigenvalue weighted by Gasteiger charge is -2.16. The number of alkyl halides is 1. The van der Waals surface area contributed by atoms with Crippen molar-refractivity contribution in [2.45, 2.75) is 12.3 Å². The van der Waals surface area contributed by atoms with Gasteiger partial charge in [-0.15, -0.1) is 0 Å². The Morgan fingerprint density at radius 1 is 0.895 bits per heavy atom. The molecule has 0 saturated heterocycles. The van der Waals surface area contributed by atoms with Crippen LogP contribution in [0.4, 0.5) is 0 Å². The fraction of sp³-hybridized carbons (Fsp3) is 0.200. The van der Waals surface area contributed by atoms with Crippen LogP contribution in [-0.2, 0) is 6.42 Å². The van der Waals surface area contributed by atoms with Crippen LogP contribution in [0.5, 0.6) is 0 Å². The molecule has 4 heteroatoms. The average molecular weight is 379 g/mol. The van der Waals surface area contributed by atoms with Crippen molar-refractivity contribution in [2.75, 3.05) is 5.33 Å². The van der Waals surface area contributed by atoms with E-state index < -0.39 is 0 Å². The van der Waals surface area contributed by atoms with Crippen LogP contribution >= 0.6 is 50.7 Å². The lowest BCUT2D eigenvalue weighted by atomic mass is 9.94. The van der Waals surface area contributed by atoms with Crippen LogP contribution < -0.4 is 0 Å². The van der Waals surface area contributed by atoms with Gasteiger partial charge in [-0.3, -0.25) is 0 Å². The lowest BCUT2D eigenvalue weighted by Crippen LogP contribution is -2.05. The molecule has 0 aromatic heterocycles. The fourth-order valence-electron chi connectivity index (χ4n) is 2.00. The summed E-state index contributed by atoms with van der Waals surface area (Å²) >= 11 is 21.8. The fourth-order valence-corrected chi connectivity index (χ4v) is 3.19. The first-order valence-electron chi connectivity index (χ1n) is 5.86. The summed E-state index contributed by atoms with van der Waals surface area (Å²) in [5, 5.41) is 2.81. The monoisotopic (exact) mass is 376 g/mol. The molecule has 19 heavy (non-hydrogen) atoms. The SMILES string of the molecule is Clc1ccc(CC(CBr)c2ccccc2Cl)cc1Cl. The third-order valence-electron chi connectivity index (χ3n) is 3.00. The van der Waals surface area contributed by atoms with Crippen molar-refractivity contribution in [3.05, 3.63) is 68.7 Å². The highest BCUT2D eigenvalue weighted by Crippen LogP contribution is 2.31. The minimum Gasteiger partial charge on any atom is -0.0921 e. The Morgan fingerprint density at radius 3 is 2.26 bits per heavy atom. The highest BCUT2D eigenvalue weighted by Gasteiger charge is 2.14. The van der Waals surface area contributed by atoms with Gasteiger partial charge in [-0.05, 0) is 41.7 Å². The van der Waals surface area contributed by atoms with Crippen LogP contribution in [0, 0.1) is 0 Å². The zero-order chi connectivity index (χ0) is 13.8. The van der Waals surface area contributed by atoms with Crippen molar-refractivity contribution >= 4 is 50.7 Å². The predicted molar refractivity (Wildman–Crippen MR) is 88.2 cm³/mol. The van der Waals surface area contributed by atoms with Gasteiger partial charge < -0.3 is 0 Å². The summed E-state index contributed by atoms with van der Waals surface area (Å²) in [6.45, 7) is 0. The van der Waals surface area contributed by atoms with Crippen LogP contribution in [0.25, 0.3) is 0 Å². The molecule has 0 bridgehead atoms. The van der Waals surface area contributed by atoms with Gasteiger partial charge in [-0.25, -0.2) is 0 Å². The van der Waals surface area contributed by atoms with Gasteiger partial charge in [0.1, 0.15) is 0 Å². The van der Waals surface area contributed by atoms with Crippen molar-refractivity contribution < 1.29 is 0 Å². The molecule has 0 radical (unpaired) electrons. The maximum Gasteiger partial charge on any atom is 0.0595 e. The van der Waals surface area contributed by atoms with Crippen LogP contribution in [0.15, 0.2) is 42.5 Å². The van der Waals surface area contributed by atoms with Gasteiger partial charge in [0.2, 0.25) is 0 Å². The molecule has 0 nitrogen and oxygen atoms in total. The van der Waals surface area contributed by atoms with Crippen molar-refractivity contribution in [3.8, 4) is 0 Å². The summed E-state index contributed by atoms with van der Waals surface area (Å²) in [6.07, 6.45) is 0.867. The van der Waals surface area contributed by atoms with Gasteiger partial charge in [0.05, 0.1) is 10.0 Å². The quantitative estimate of drug-likeness (QED) is 0.542. The second-order valence-electron chi connectivity index (χ2n) is 4.33. The van der Waals surface area contributed by atoms with E-state index in [2.05, 4.69) is 22.0 Å². The molecule has 2 aromatic carbocycles. The molecule has 0 heterocycles. The first-order chi connectivity index (χ1) is 9.11. The highest BCUT2D eigenvalue weighted by molar-refractivity contribution is 9.09. The second-order valence-corrected chi connectivity index (χ2v) is 6.19. The van der Waals surface area contributed by atoms with Crippen molar-refractivity contribution in [1.29, 1.82) is 0 Å². The Labute approximate surface area is 136 Å². The number of rotatable bonds is 4. The second kappa shape index (κ2) is 6.99. The number of benzene rings is 2. The molecule has 0 N–H and O–H groups in total. The topological polar surface area (TPSA) is 0 Å². The minimum atomic E-state index is 0.311. The maximum absolute atomic E-state index is 6.25. The van der Waals surface area contributed by atoms with Gasteiger partial charge in [0.25, 0.3) is 0 Å². The third-order valence-corrected chi connectivity index (χ3v) is 4.86. The molecule has 0 saturated carbocycles. The minimum absolute atomic E-state index is 0.311. The first kappa shape index (κ1) is 15.2. The summed E-state index contributed by atoms with van der Waals surface area (Å²) in [7, 11) is 0. The molecule has 0 amide bonds. The molecule has 1 unspecified atom stereocenters. The summed E-state index contributed by atoms with van der Waals surface area (Å²) < 4.78 is 0. The Morgan fingerprint density at radius 2 is 1.63 bits per heavy atom. The van der Waals surface area contributed by atoms with E-state index in [9.17, 15) is 0 Å². The molecule has 2 rings (SSSR count). The smallest absolute Gasteiger partial charge is 0.0595 e. The number of hydrogen-bond acceptors (Lipinski definition) is 0. The molecule has 2 aromatic rings. The zero-order valence-corrected chi connectivity index (χ0v) is 13.9. The van der Waals surface area contributed by atoms with E-state index in [-0.39, 0.29) is 0 Å². The lowest BCUT2D eigenvalue weighted by molar-refractivity contribution is 0.776. The van der Waals surface area contributed by atoms with E-state index >= 15 is 0 Å². The van der Waals surface area contributed by atoms with E-state index in [0.717, 1.165) is 27.9 Å². The summed E-state index contributed by atoms with van der Waals surface area (Å²) in [4.78, 5) is 0. The van der Waals surface area contributed by atoms with Crippen molar-refractivity contribution in [1.82, 2.24) is 0 Å². The maximum atomic E-state index is 6.25. The predicted octanol–water partition coefficient (Wildman–Crippen LogP) is 6.37. The van der Waals surface area contributed by atoms with Crippen LogP contribution in [0.1, 0.15) is 17.0 Å². The molecule has 0 aliphatic rings. The molecule has 0 spiro atoms. The van der Waals surface area contributed by atoms with Gasteiger partial charge in [-0.2, -0.15) is 0 Å². The normalized spacial score (nSPS) is 12.4. The standard InChI is InChI=1S/C15H12BrCl3/c16-9-11(12-3-1-2-4-13(12)17)7-10-5-6-14(18)15(19)8-10/h1-6,8,11H,7,9H2. The number of halogens is 4. The Hall–Kier alpha value is -0.210. The van der Waals surface area contributed by atoms with Crippen LogP contribution in [-0.4, -0.2) is 5.33 Å². The molecule has 0 aliphatic carbocycles. The summed E-state index contributed by atoms with van der Waals surface area (Å²) in [5.41, 5.74) is 2.30. The van der Waals surface area contributed by atoms with E-state index in [1.807, 2.05) is 36.4 Å². The first-order valence-corrected chi connectivity index (χ1v) is 8.11. The van der Waals surface area contributed by atoms with Crippen molar-refractivity contribution in [3.63, 3.8) is 0 Å². The van der Waals surface area contributed by atoms with Gasteiger partial charge in [-0.1, -0.05) is 75.0 Å². The van der Waals surface area contributed by atoms with E-state index in [4.69, 9.17) is 34.8 Å².